The average molecular weight is 201 g/mol. The lowest BCUT2D eigenvalue weighted by Crippen LogP contribution is -2.39. The topological polar surface area (TPSA) is 38.8 Å². The molecule has 0 aromatic carbocycles. The zero-order valence-electron chi connectivity index (χ0n) is 9.16. The van der Waals surface area contributed by atoms with Gasteiger partial charge in [0.15, 0.2) is 0 Å². The zero-order chi connectivity index (χ0) is 10.6. The Labute approximate surface area is 85.2 Å². The highest BCUT2D eigenvalue weighted by Gasteiger charge is 2.29. The van der Waals surface area contributed by atoms with Crippen molar-refractivity contribution in [1.82, 2.24) is 4.90 Å². The maximum atomic E-state index is 11.6. The Morgan fingerprint density at radius 3 is 2.86 bits per heavy atom. The second-order valence-electron chi connectivity index (χ2n) is 3.88. The van der Waals surface area contributed by atoms with Crippen LogP contribution < -0.4 is 0 Å². The molecule has 0 unspecified atom stereocenters. The van der Waals surface area contributed by atoms with Gasteiger partial charge in [-0.25, -0.2) is 4.79 Å². The first-order chi connectivity index (χ1) is 6.65. The van der Waals surface area contributed by atoms with E-state index in [-0.39, 0.29) is 18.2 Å². The summed E-state index contributed by atoms with van der Waals surface area (Å²) < 4.78 is 10.2. The standard InChI is InChI=1S/C10H19NO3/c1-8(2)14-10(12)11-6-4-5-9(11)7-13-3/h8-9H,4-7H2,1-3H3/t9-/m0/s1. The molecule has 1 amide bonds. The molecule has 0 N–H and O–H groups in total. The van der Waals surface area contributed by atoms with Gasteiger partial charge in [0.2, 0.25) is 0 Å². The third-order valence-corrected chi connectivity index (χ3v) is 2.31. The maximum Gasteiger partial charge on any atom is 0.410 e. The molecule has 0 aromatic heterocycles. The lowest BCUT2D eigenvalue weighted by Gasteiger charge is -2.24. The lowest BCUT2D eigenvalue weighted by atomic mass is 10.2. The number of rotatable bonds is 3. The van der Waals surface area contributed by atoms with Crippen molar-refractivity contribution < 1.29 is 14.3 Å². The second kappa shape index (κ2) is 5.20. The van der Waals surface area contributed by atoms with Crippen LogP contribution >= 0.6 is 0 Å². The molecule has 0 bridgehead atoms. The summed E-state index contributed by atoms with van der Waals surface area (Å²) in [6.07, 6.45) is 1.80. The van der Waals surface area contributed by atoms with Crippen molar-refractivity contribution in [2.24, 2.45) is 0 Å². The Hall–Kier alpha value is -0.770. The zero-order valence-corrected chi connectivity index (χ0v) is 9.16. The highest BCUT2D eigenvalue weighted by Crippen LogP contribution is 2.18. The average Bonchev–Trinajstić information content (AvgIpc) is 2.51. The first-order valence-corrected chi connectivity index (χ1v) is 5.11. The molecule has 1 heterocycles. The van der Waals surface area contributed by atoms with Gasteiger partial charge in [-0.1, -0.05) is 0 Å². The summed E-state index contributed by atoms with van der Waals surface area (Å²) in [7, 11) is 1.66. The van der Waals surface area contributed by atoms with Crippen LogP contribution in [0.3, 0.4) is 0 Å². The number of hydrogen-bond donors (Lipinski definition) is 0. The van der Waals surface area contributed by atoms with Crippen LogP contribution in [-0.2, 0) is 9.47 Å². The molecule has 0 saturated carbocycles. The van der Waals surface area contributed by atoms with Gasteiger partial charge in [0, 0.05) is 13.7 Å². The molecule has 0 spiro atoms. The smallest absolute Gasteiger partial charge is 0.410 e. The SMILES string of the molecule is COC[C@@H]1CCCN1C(=O)OC(C)C. The summed E-state index contributed by atoms with van der Waals surface area (Å²) in [6, 6.07) is 0.200. The number of amides is 1. The predicted molar refractivity (Wildman–Crippen MR) is 53.2 cm³/mol. The van der Waals surface area contributed by atoms with Crippen molar-refractivity contribution >= 4 is 6.09 Å². The fraction of sp³-hybridized carbons (Fsp3) is 0.900. The number of likely N-dealkylation sites (tertiary alicyclic amines) is 1. The Morgan fingerprint density at radius 1 is 1.57 bits per heavy atom. The molecule has 1 atom stereocenters. The number of ether oxygens (including phenoxy) is 2. The normalized spacial score (nSPS) is 21.7. The second-order valence-corrected chi connectivity index (χ2v) is 3.88. The van der Waals surface area contributed by atoms with Gasteiger partial charge in [-0.3, -0.25) is 0 Å². The molecule has 1 saturated heterocycles. The molecule has 1 aliphatic rings. The lowest BCUT2D eigenvalue weighted by molar-refractivity contribution is 0.0565. The molecule has 4 nitrogen and oxygen atoms in total. The third kappa shape index (κ3) is 2.87. The molecule has 1 aliphatic heterocycles. The molecule has 0 aromatic rings. The van der Waals surface area contributed by atoms with E-state index in [9.17, 15) is 4.79 Å². The van der Waals surface area contributed by atoms with E-state index in [4.69, 9.17) is 9.47 Å². The van der Waals surface area contributed by atoms with Crippen molar-refractivity contribution in [2.45, 2.75) is 38.8 Å². The van der Waals surface area contributed by atoms with E-state index in [0.717, 1.165) is 19.4 Å². The minimum absolute atomic E-state index is 0.0497. The quantitative estimate of drug-likeness (QED) is 0.696. The van der Waals surface area contributed by atoms with E-state index in [0.29, 0.717) is 6.61 Å². The van der Waals surface area contributed by atoms with Crippen LogP contribution in [0.15, 0.2) is 0 Å². The van der Waals surface area contributed by atoms with Crippen LogP contribution in [0.5, 0.6) is 0 Å². The van der Waals surface area contributed by atoms with Gasteiger partial charge in [0.25, 0.3) is 0 Å². The molecule has 0 radical (unpaired) electrons. The Morgan fingerprint density at radius 2 is 2.29 bits per heavy atom. The van der Waals surface area contributed by atoms with E-state index < -0.39 is 0 Å². The largest absolute Gasteiger partial charge is 0.447 e. The van der Waals surface area contributed by atoms with Crippen molar-refractivity contribution in [3.63, 3.8) is 0 Å². The van der Waals surface area contributed by atoms with Gasteiger partial charge in [-0.2, -0.15) is 0 Å². The molecule has 1 rings (SSSR count). The Balaban J connectivity index is 2.44. The molecule has 0 aliphatic carbocycles. The molecule has 1 fully saturated rings. The summed E-state index contributed by atoms with van der Waals surface area (Å²) in [5, 5.41) is 0. The first kappa shape index (κ1) is 11.3. The van der Waals surface area contributed by atoms with Crippen molar-refractivity contribution in [3.8, 4) is 0 Å². The maximum absolute atomic E-state index is 11.6. The third-order valence-electron chi connectivity index (χ3n) is 2.31. The van der Waals surface area contributed by atoms with Crippen LogP contribution in [0.2, 0.25) is 0 Å². The highest BCUT2D eigenvalue weighted by molar-refractivity contribution is 5.68. The summed E-state index contributed by atoms with van der Waals surface area (Å²) in [5.74, 6) is 0. The van der Waals surface area contributed by atoms with Gasteiger partial charge in [-0.05, 0) is 26.7 Å². The molecule has 82 valence electrons. The number of nitrogens with zero attached hydrogens (tertiary/aromatic N) is 1. The predicted octanol–water partition coefficient (Wildman–Crippen LogP) is 1.64. The van der Waals surface area contributed by atoms with Crippen LogP contribution in [0.4, 0.5) is 4.79 Å². The van der Waals surface area contributed by atoms with Gasteiger partial charge in [0.1, 0.15) is 0 Å². The molecular weight excluding hydrogens is 182 g/mol. The van der Waals surface area contributed by atoms with Crippen LogP contribution in [0, 0.1) is 0 Å². The van der Waals surface area contributed by atoms with Crippen LogP contribution in [0.1, 0.15) is 26.7 Å². The first-order valence-electron chi connectivity index (χ1n) is 5.11. The fourth-order valence-electron chi connectivity index (χ4n) is 1.71. The molecular formula is C10H19NO3. The highest BCUT2D eigenvalue weighted by atomic mass is 16.6. The van der Waals surface area contributed by atoms with E-state index in [2.05, 4.69) is 0 Å². The van der Waals surface area contributed by atoms with E-state index in [1.807, 2.05) is 13.8 Å². The van der Waals surface area contributed by atoms with E-state index in [1.54, 1.807) is 12.0 Å². The summed E-state index contributed by atoms with van der Waals surface area (Å²) in [4.78, 5) is 13.4. The van der Waals surface area contributed by atoms with Crippen molar-refractivity contribution in [2.75, 3.05) is 20.3 Å². The van der Waals surface area contributed by atoms with Gasteiger partial charge in [-0.15, -0.1) is 0 Å². The minimum Gasteiger partial charge on any atom is -0.447 e. The van der Waals surface area contributed by atoms with Crippen LogP contribution in [-0.4, -0.2) is 43.4 Å². The Kier molecular flexibility index (Phi) is 4.20. The van der Waals surface area contributed by atoms with E-state index >= 15 is 0 Å². The number of hydrogen-bond acceptors (Lipinski definition) is 3. The number of carbonyl (C=O) groups excluding carboxylic acids is 1. The van der Waals surface area contributed by atoms with E-state index in [1.165, 1.54) is 0 Å². The van der Waals surface area contributed by atoms with Crippen molar-refractivity contribution in [1.29, 1.82) is 0 Å². The van der Waals surface area contributed by atoms with Gasteiger partial charge < -0.3 is 14.4 Å². The summed E-state index contributed by atoms with van der Waals surface area (Å²) >= 11 is 0. The molecule has 4 heteroatoms. The number of carbonyl (C=O) groups is 1. The van der Waals surface area contributed by atoms with Gasteiger partial charge in [0.05, 0.1) is 18.8 Å². The van der Waals surface area contributed by atoms with Crippen LogP contribution in [0.25, 0.3) is 0 Å². The minimum atomic E-state index is -0.209. The van der Waals surface area contributed by atoms with Gasteiger partial charge >= 0.3 is 6.09 Å². The summed E-state index contributed by atoms with van der Waals surface area (Å²) in [5.41, 5.74) is 0. The summed E-state index contributed by atoms with van der Waals surface area (Å²) in [6.45, 7) is 5.12. The fourth-order valence-corrected chi connectivity index (χ4v) is 1.71. The van der Waals surface area contributed by atoms with Crippen molar-refractivity contribution in [3.05, 3.63) is 0 Å². The Bertz CT molecular complexity index is 194. The number of methoxy groups -OCH3 is 1. The monoisotopic (exact) mass is 201 g/mol. The molecule has 14 heavy (non-hydrogen) atoms.